The Labute approximate surface area is 157 Å². The number of carbonyl (C=O) groups is 2. The van der Waals surface area contributed by atoms with E-state index in [0.717, 1.165) is 0 Å². The summed E-state index contributed by atoms with van der Waals surface area (Å²) >= 11 is 6.17. The number of carbonyl (C=O) groups excluding carboxylic acids is 2. The van der Waals surface area contributed by atoms with E-state index in [0.29, 0.717) is 36.1 Å². The van der Waals surface area contributed by atoms with Gasteiger partial charge in [0, 0.05) is 31.7 Å². The maximum atomic E-state index is 12.9. The molecular weight excluding hydrogens is 352 g/mol. The van der Waals surface area contributed by atoms with E-state index in [1.54, 1.807) is 30.2 Å². The molecule has 0 saturated carbocycles. The summed E-state index contributed by atoms with van der Waals surface area (Å²) in [7, 11) is 1.55. The van der Waals surface area contributed by atoms with Crippen molar-refractivity contribution in [2.45, 2.75) is 19.5 Å². The summed E-state index contributed by atoms with van der Waals surface area (Å²) in [5, 5.41) is 0.447. The van der Waals surface area contributed by atoms with Gasteiger partial charge in [-0.1, -0.05) is 35.9 Å². The zero-order valence-corrected chi connectivity index (χ0v) is 15.2. The second kappa shape index (κ2) is 6.65. The van der Waals surface area contributed by atoms with Gasteiger partial charge in [-0.3, -0.25) is 9.59 Å². The lowest BCUT2D eigenvalue weighted by Gasteiger charge is -2.21. The third-order valence-corrected chi connectivity index (χ3v) is 5.37. The van der Waals surface area contributed by atoms with E-state index in [4.69, 9.17) is 16.3 Å². The molecule has 2 aromatic carbocycles. The average molecular weight is 371 g/mol. The molecule has 0 spiro atoms. The number of anilines is 1. The number of rotatable bonds is 3. The molecule has 4 rings (SSSR count). The molecule has 2 amide bonds. The van der Waals surface area contributed by atoms with E-state index in [-0.39, 0.29) is 24.2 Å². The second-order valence-corrected chi connectivity index (χ2v) is 7.09. The molecule has 0 aliphatic carbocycles. The molecule has 2 heterocycles. The average Bonchev–Trinajstić information content (AvgIpc) is 3.24. The molecule has 2 aliphatic rings. The molecule has 0 radical (unpaired) electrons. The van der Waals surface area contributed by atoms with Crippen LogP contribution in [-0.4, -0.2) is 30.4 Å². The standard InChI is InChI=1S/C20H19ClN2O3/c1-26-18-7-6-16(9-17(18)21)23-12-15(8-19(23)24)20(25)22-10-13-4-2-3-5-14(13)11-22/h2-7,9,15H,8,10-12H2,1H3/t15-/m1/s1. The molecule has 5 nitrogen and oxygen atoms in total. The van der Waals surface area contributed by atoms with Crippen molar-refractivity contribution in [1.29, 1.82) is 0 Å². The number of amides is 2. The fourth-order valence-corrected chi connectivity index (χ4v) is 3.94. The molecule has 1 fully saturated rings. The van der Waals surface area contributed by atoms with Gasteiger partial charge in [0.1, 0.15) is 5.75 Å². The molecule has 0 unspecified atom stereocenters. The lowest BCUT2D eigenvalue weighted by molar-refractivity contribution is -0.136. The van der Waals surface area contributed by atoms with Crippen LogP contribution in [0.2, 0.25) is 5.02 Å². The van der Waals surface area contributed by atoms with Gasteiger partial charge in [0.2, 0.25) is 11.8 Å². The number of methoxy groups -OCH3 is 1. The van der Waals surface area contributed by atoms with Gasteiger partial charge in [-0.05, 0) is 29.3 Å². The second-order valence-electron chi connectivity index (χ2n) is 6.69. The van der Waals surface area contributed by atoms with Crippen LogP contribution in [0.1, 0.15) is 17.5 Å². The molecule has 6 heteroatoms. The lowest BCUT2D eigenvalue weighted by atomic mass is 10.1. The summed E-state index contributed by atoms with van der Waals surface area (Å²) in [6, 6.07) is 13.3. The molecule has 0 N–H and O–H groups in total. The minimum atomic E-state index is -0.322. The molecule has 2 aliphatic heterocycles. The van der Waals surface area contributed by atoms with Crippen LogP contribution in [0.25, 0.3) is 0 Å². The van der Waals surface area contributed by atoms with Crippen LogP contribution < -0.4 is 9.64 Å². The quantitative estimate of drug-likeness (QED) is 0.833. The van der Waals surface area contributed by atoms with Gasteiger partial charge in [0.25, 0.3) is 0 Å². The highest BCUT2D eigenvalue weighted by Crippen LogP contribution is 2.33. The van der Waals surface area contributed by atoms with Gasteiger partial charge in [-0.15, -0.1) is 0 Å². The summed E-state index contributed by atoms with van der Waals surface area (Å²) in [6.45, 7) is 1.62. The minimum absolute atomic E-state index is 0.0386. The highest BCUT2D eigenvalue weighted by Gasteiger charge is 2.38. The van der Waals surface area contributed by atoms with Gasteiger partial charge in [0.05, 0.1) is 18.1 Å². The first-order valence-electron chi connectivity index (χ1n) is 8.56. The first-order valence-corrected chi connectivity index (χ1v) is 8.94. The monoisotopic (exact) mass is 370 g/mol. The Balaban J connectivity index is 1.48. The van der Waals surface area contributed by atoms with Crippen LogP contribution in [0.4, 0.5) is 5.69 Å². The molecule has 1 saturated heterocycles. The molecule has 0 bridgehead atoms. The van der Waals surface area contributed by atoms with Crippen molar-refractivity contribution in [2.75, 3.05) is 18.6 Å². The van der Waals surface area contributed by atoms with Crippen molar-refractivity contribution in [1.82, 2.24) is 4.90 Å². The van der Waals surface area contributed by atoms with Crippen molar-refractivity contribution in [3.63, 3.8) is 0 Å². The number of halogens is 1. The Morgan fingerprint density at radius 1 is 1.15 bits per heavy atom. The molecule has 26 heavy (non-hydrogen) atoms. The lowest BCUT2D eigenvalue weighted by Crippen LogP contribution is -2.34. The maximum absolute atomic E-state index is 12.9. The summed E-state index contributed by atoms with van der Waals surface area (Å²) in [5.41, 5.74) is 3.06. The van der Waals surface area contributed by atoms with Crippen molar-refractivity contribution in [3.8, 4) is 5.75 Å². The van der Waals surface area contributed by atoms with E-state index >= 15 is 0 Å². The summed E-state index contributed by atoms with van der Waals surface area (Å²) in [4.78, 5) is 28.9. The van der Waals surface area contributed by atoms with Crippen molar-refractivity contribution in [2.24, 2.45) is 5.92 Å². The zero-order valence-electron chi connectivity index (χ0n) is 14.4. The Bertz CT molecular complexity index is 858. The fraction of sp³-hybridized carbons (Fsp3) is 0.300. The number of nitrogens with zero attached hydrogens (tertiary/aromatic N) is 2. The summed E-state index contributed by atoms with van der Waals surface area (Å²) in [5.74, 6) is 0.222. The van der Waals surface area contributed by atoms with Crippen LogP contribution in [-0.2, 0) is 22.7 Å². The largest absolute Gasteiger partial charge is 0.495 e. The Kier molecular flexibility index (Phi) is 4.32. The Morgan fingerprint density at radius 3 is 2.46 bits per heavy atom. The van der Waals surface area contributed by atoms with Gasteiger partial charge >= 0.3 is 0 Å². The number of benzene rings is 2. The molecule has 0 aromatic heterocycles. The predicted molar refractivity (Wildman–Crippen MR) is 99.2 cm³/mol. The van der Waals surface area contributed by atoms with Crippen LogP contribution in [0.15, 0.2) is 42.5 Å². The van der Waals surface area contributed by atoms with Gasteiger partial charge in [-0.25, -0.2) is 0 Å². The normalized spacial score (nSPS) is 19.0. The van der Waals surface area contributed by atoms with Gasteiger partial charge in [-0.2, -0.15) is 0 Å². The fourth-order valence-electron chi connectivity index (χ4n) is 3.69. The Hall–Kier alpha value is -2.53. The number of fused-ring (bicyclic) bond motifs is 1. The van der Waals surface area contributed by atoms with E-state index in [1.807, 2.05) is 29.2 Å². The topological polar surface area (TPSA) is 49.9 Å². The predicted octanol–water partition coefficient (Wildman–Crippen LogP) is 3.24. The van der Waals surface area contributed by atoms with E-state index in [2.05, 4.69) is 0 Å². The van der Waals surface area contributed by atoms with Gasteiger partial charge < -0.3 is 14.5 Å². The number of hydrogen-bond donors (Lipinski definition) is 0. The van der Waals surface area contributed by atoms with Crippen molar-refractivity contribution in [3.05, 3.63) is 58.6 Å². The van der Waals surface area contributed by atoms with E-state index < -0.39 is 0 Å². The third-order valence-electron chi connectivity index (χ3n) is 5.07. The van der Waals surface area contributed by atoms with Crippen LogP contribution in [0.3, 0.4) is 0 Å². The maximum Gasteiger partial charge on any atom is 0.228 e. The van der Waals surface area contributed by atoms with Crippen LogP contribution >= 0.6 is 11.6 Å². The highest BCUT2D eigenvalue weighted by atomic mass is 35.5. The van der Waals surface area contributed by atoms with E-state index in [9.17, 15) is 9.59 Å². The van der Waals surface area contributed by atoms with Crippen LogP contribution in [0, 0.1) is 5.92 Å². The van der Waals surface area contributed by atoms with Crippen LogP contribution in [0.5, 0.6) is 5.75 Å². The zero-order chi connectivity index (χ0) is 18.3. The molecule has 1 atom stereocenters. The Morgan fingerprint density at radius 2 is 1.85 bits per heavy atom. The van der Waals surface area contributed by atoms with Gasteiger partial charge in [0.15, 0.2) is 0 Å². The van der Waals surface area contributed by atoms with Crippen molar-refractivity contribution < 1.29 is 14.3 Å². The van der Waals surface area contributed by atoms with E-state index in [1.165, 1.54) is 11.1 Å². The first kappa shape index (κ1) is 16.9. The molecular formula is C20H19ClN2O3. The summed E-state index contributed by atoms with van der Waals surface area (Å²) in [6.07, 6.45) is 0.231. The minimum Gasteiger partial charge on any atom is -0.495 e. The smallest absolute Gasteiger partial charge is 0.228 e. The first-order chi connectivity index (χ1) is 12.6. The SMILES string of the molecule is COc1ccc(N2C[C@H](C(=O)N3Cc4ccccc4C3)CC2=O)cc1Cl. The summed E-state index contributed by atoms with van der Waals surface area (Å²) < 4.78 is 5.15. The third kappa shape index (κ3) is 2.92. The molecule has 134 valence electrons. The highest BCUT2D eigenvalue weighted by molar-refractivity contribution is 6.32. The number of ether oxygens (including phenoxy) is 1. The van der Waals surface area contributed by atoms with Crippen molar-refractivity contribution >= 4 is 29.1 Å². The molecule has 2 aromatic rings. The number of hydrogen-bond acceptors (Lipinski definition) is 3.